The Morgan fingerprint density at radius 3 is 2.55 bits per heavy atom. The van der Waals surface area contributed by atoms with Crippen LogP contribution in [0.15, 0.2) is 53.6 Å². The summed E-state index contributed by atoms with van der Waals surface area (Å²) in [4.78, 5) is 30.9. The van der Waals surface area contributed by atoms with Crippen LogP contribution >= 0.6 is 0 Å². The first-order valence-electron chi connectivity index (χ1n) is 11.6. The van der Waals surface area contributed by atoms with Gasteiger partial charge in [0.05, 0.1) is 23.7 Å². The molecular weight excluding hydrogens is 518 g/mol. The number of nitrogens with zero attached hydrogens (tertiary/aromatic N) is 2. The van der Waals surface area contributed by atoms with Crippen LogP contribution in [0.2, 0.25) is 0 Å². The Hall–Kier alpha value is -4.03. The zero-order valence-electron chi connectivity index (χ0n) is 20.5. The Labute approximate surface area is 216 Å². The first-order chi connectivity index (χ1) is 18.0. The zero-order valence-corrected chi connectivity index (χ0v) is 21.3. The molecule has 0 saturated carbocycles. The number of carbonyl (C=O) groups is 1. The highest BCUT2D eigenvalue weighted by molar-refractivity contribution is 7.89. The minimum absolute atomic E-state index is 0.0772. The molecule has 2 aromatic heterocycles. The Balaban J connectivity index is 1.91. The average molecular weight is 543 g/mol. The fourth-order valence-corrected chi connectivity index (χ4v) is 5.75. The van der Waals surface area contributed by atoms with Crippen LogP contribution in [0.25, 0.3) is 22.0 Å². The van der Waals surface area contributed by atoms with Crippen LogP contribution in [0.5, 0.6) is 0 Å². The van der Waals surface area contributed by atoms with Gasteiger partial charge in [0, 0.05) is 60.4 Å². The number of amides is 1. The van der Waals surface area contributed by atoms with Gasteiger partial charge in [0.1, 0.15) is 23.2 Å². The van der Waals surface area contributed by atoms with E-state index in [9.17, 15) is 27.5 Å². The van der Waals surface area contributed by atoms with Gasteiger partial charge in [-0.3, -0.25) is 9.59 Å². The number of hydrogen-bond acceptors (Lipinski definition) is 6. The van der Waals surface area contributed by atoms with Crippen LogP contribution in [0.3, 0.4) is 0 Å². The van der Waals surface area contributed by atoms with Gasteiger partial charge < -0.3 is 24.9 Å². The fraction of sp³-hybridized carbons (Fsp3) is 0.231. The molecular formula is C26H24F2N4O5S. The van der Waals surface area contributed by atoms with Gasteiger partial charge in [-0.25, -0.2) is 17.2 Å². The number of aromatic nitrogens is 2. The third kappa shape index (κ3) is 4.35. The van der Waals surface area contributed by atoms with E-state index in [0.29, 0.717) is 39.4 Å². The number of fused-ring (bicyclic) bond motifs is 2. The van der Waals surface area contributed by atoms with Crippen molar-refractivity contribution in [3.63, 3.8) is 0 Å². The molecule has 0 saturated heterocycles. The predicted molar refractivity (Wildman–Crippen MR) is 139 cm³/mol. The molecule has 3 heterocycles. The number of benzene rings is 2. The molecule has 0 spiro atoms. The summed E-state index contributed by atoms with van der Waals surface area (Å²) in [5, 5.41) is 12.4. The number of aliphatic hydroxyl groups excluding tert-OH is 1. The molecule has 1 amide bonds. The van der Waals surface area contributed by atoms with Crippen LogP contribution in [-0.2, 0) is 27.4 Å². The van der Waals surface area contributed by atoms with Gasteiger partial charge >= 0.3 is 0 Å². The number of aliphatic hydroxyl groups is 1. The van der Waals surface area contributed by atoms with Gasteiger partial charge in [0.25, 0.3) is 5.56 Å². The van der Waals surface area contributed by atoms with Crippen molar-refractivity contribution >= 4 is 38.0 Å². The molecule has 4 aromatic rings. The summed E-state index contributed by atoms with van der Waals surface area (Å²) in [6.07, 6.45) is 4.18. The first-order valence-corrected chi connectivity index (χ1v) is 13.7. The molecule has 3 N–H and O–H groups in total. The smallest absolute Gasteiger partial charge is 0.274 e. The maximum atomic E-state index is 15.3. The van der Waals surface area contributed by atoms with Crippen molar-refractivity contribution in [1.29, 1.82) is 0 Å². The van der Waals surface area contributed by atoms with Gasteiger partial charge in [0.2, 0.25) is 5.91 Å². The van der Waals surface area contributed by atoms with Crippen molar-refractivity contribution in [2.75, 3.05) is 24.3 Å². The Bertz CT molecular complexity index is 1760. The van der Waals surface area contributed by atoms with Crippen molar-refractivity contribution in [1.82, 2.24) is 14.9 Å². The number of anilines is 2. The van der Waals surface area contributed by atoms with Crippen molar-refractivity contribution in [2.24, 2.45) is 7.05 Å². The highest BCUT2D eigenvalue weighted by atomic mass is 32.2. The predicted octanol–water partition coefficient (Wildman–Crippen LogP) is 2.66. The molecule has 12 heteroatoms. The van der Waals surface area contributed by atoms with Crippen LogP contribution in [-0.4, -0.2) is 48.4 Å². The van der Waals surface area contributed by atoms with Gasteiger partial charge in [0.15, 0.2) is 9.84 Å². The molecule has 0 aliphatic carbocycles. The fourth-order valence-electron chi connectivity index (χ4n) is 4.97. The number of H-pyrrole nitrogens is 1. The largest absolute Gasteiger partial charge is 0.395 e. The highest BCUT2D eigenvalue weighted by Gasteiger charge is 2.38. The molecule has 0 bridgehead atoms. The number of aromatic amines is 1. The van der Waals surface area contributed by atoms with Crippen LogP contribution in [0, 0.1) is 11.6 Å². The SMILES string of the molecule is Cn1cc2c3c(c[nH]c3c1=O)C(C(=O)NCCO)N(c1ccc(F)cc1F)c1ccc(CS(C)(=O)=O)cc1-2. The number of carbonyl (C=O) groups excluding carboxylic acids is 1. The van der Waals surface area contributed by atoms with Crippen molar-refractivity contribution < 1.29 is 27.1 Å². The number of rotatable bonds is 6. The number of sulfone groups is 1. The standard InChI is InChI=1S/C26H24F2N4O5S/c1-31-12-18-16-9-14(13-38(2,36)37)3-5-20(16)32(21-6-4-15(27)10-19(21)28)24(25(34)29-7-8-33)17-11-30-23(22(17)18)26(31)35/h3-6,9-12,24,30,33H,7-8,13H2,1-2H3,(H,29,34). The van der Waals surface area contributed by atoms with E-state index in [1.165, 1.54) is 21.7 Å². The van der Waals surface area contributed by atoms with E-state index in [2.05, 4.69) is 10.3 Å². The molecule has 1 aliphatic rings. The highest BCUT2D eigenvalue weighted by Crippen LogP contribution is 2.49. The lowest BCUT2D eigenvalue weighted by molar-refractivity contribution is -0.122. The van der Waals surface area contributed by atoms with Crippen LogP contribution in [0.1, 0.15) is 17.2 Å². The molecule has 2 aromatic carbocycles. The normalized spacial score (nSPS) is 14.9. The number of halogens is 2. The molecule has 1 atom stereocenters. The van der Waals surface area contributed by atoms with Crippen LogP contribution in [0.4, 0.5) is 20.2 Å². The Morgan fingerprint density at radius 2 is 1.87 bits per heavy atom. The number of nitrogens with one attached hydrogen (secondary N) is 2. The second-order valence-electron chi connectivity index (χ2n) is 9.26. The summed E-state index contributed by atoms with van der Waals surface area (Å²) in [6.45, 7) is -0.416. The van der Waals surface area contributed by atoms with Crippen molar-refractivity contribution in [3.8, 4) is 11.1 Å². The van der Waals surface area contributed by atoms with Crippen LogP contribution < -0.4 is 15.8 Å². The molecule has 5 rings (SSSR count). The van der Waals surface area contributed by atoms with Gasteiger partial charge in [-0.15, -0.1) is 0 Å². The van der Waals surface area contributed by atoms with E-state index in [0.717, 1.165) is 12.3 Å². The third-order valence-corrected chi connectivity index (χ3v) is 7.32. The first kappa shape index (κ1) is 25.6. The summed E-state index contributed by atoms with van der Waals surface area (Å²) in [7, 11) is -1.84. The summed E-state index contributed by atoms with van der Waals surface area (Å²) >= 11 is 0. The van der Waals surface area contributed by atoms with E-state index in [4.69, 9.17) is 0 Å². The van der Waals surface area contributed by atoms with E-state index in [-0.39, 0.29) is 35.7 Å². The number of aryl methyl sites for hydroxylation is 1. The minimum atomic E-state index is -3.41. The lowest BCUT2D eigenvalue weighted by atomic mass is 9.98. The third-order valence-electron chi connectivity index (χ3n) is 6.46. The lowest BCUT2D eigenvalue weighted by Crippen LogP contribution is -2.39. The molecule has 0 fully saturated rings. The number of pyridine rings is 1. The Kier molecular flexibility index (Phi) is 6.32. The summed E-state index contributed by atoms with van der Waals surface area (Å²) in [5.74, 6) is -2.59. The topological polar surface area (TPSA) is 124 Å². The molecule has 9 nitrogen and oxygen atoms in total. The monoisotopic (exact) mass is 542 g/mol. The molecule has 1 aliphatic heterocycles. The lowest BCUT2D eigenvalue weighted by Gasteiger charge is -2.33. The second-order valence-corrected chi connectivity index (χ2v) is 11.4. The van der Waals surface area contributed by atoms with Crippen molar-refractivity contribution in [3.05, 3.63) is 81.9 Å². The maximum Gasteiger partial charge on any atom is 0.274 e. The minimum Gasteiger partial charge on any atom is -0.395 e. The molecule has 38 heavy (non-hydrogen) atoms. The van der Waals surface area contributed by atoms with E-state index in [1.54, 1.807) is 31.4 Å². The van der Waals surface area contributed by atoms with Gasteiger partial charge in [-0.2, -0.15) is 0 Å². The van der Waals surface area contributed by atoms with E-state index < -0.39 is 33.4 Å². The quantitative estimate of drug-likeness (QED) is 0.344. The summed E-state index contributed by atoms with van der Waals surface area (Å²) in [5.41, 5.74) is 1.86. The molecule has 198 valence electrons. The van der Waals surface area contributed by atoms with Gasteiger partial charge in [-0.05, 0) is 29.8 Å². The van der Waals surface area contributed by atoms with Gasteiger partial charge in [-0.1, -0.05) is 6.07 Å². The number of hydrogen-bond donors (Lipinski definition) is 3. The molecule has 1 unspecified atom stereocenters. The summed E-state index contributed by atoms with van der Waals surface area (Å²) < 4.78 is 54.7. The zero-order chi connectivity index (χ0) is 27.4. The van der Waals surface area contributed by atoms with E-state index >= 15 is 4.39 Å². The average Bonchev–Trinajstić information content (AvgIpc) is 3.23. The summed E-state index contributed by atoms with van der Waals surface area (Å²) in [6, 6.07) is 6.53. The van der Waals surface area contributed by atoms with E-state index in [1.807, 2.05) is 0 Å². The maximum absolute atomic E-state index is 15.3. The Morgan fingerprint density at radius 1 is 1.13 bits per heavy atom. The second kappa shape index (κ2) is 9.37. The molecule has 0 radical (unpaired) electrons. The van der Waals surface area contributed by atoms with Crippen molar-refractivity contribution in [2.45, 2.75) is 11.8 Å².